The van der Waals surface area contributed by atoms with E-state index in [0.29, 0.717) is 11.3 Å². The molecule has 0 aromatic heterocycles. The van der Waals surface area contributed by atoms with Gasteiger partial charge in [0, 0.05) is 13.1 Å². The van der Waals surface area contributed by atoms with Crippen molar-refractivity contribution in [2.24, 2.45) is 0 Å². The lowest BCUT2D eigenvalue weighted by Crippen LogP contribution is -2.40. The molecule has 1 heterocycles. The molecular weight excluding hydrogens is 185 g/mol. The van der Waals surface area contributed by atoms with Crippen molar-refractivity contribution in [1.29, 1.82) is 0 Å². The maximum atomic E-state index is 13.2. The Kier molecular flexibility index (Phi) is 2.07. The molecule has 1 aliphatic heterocycles. The third-order valence-corrected chi connectivity index (χ3v) is 2.46. The van der Waals surface area contributed by atoms with Gasteiger partial charge in [-0.25, -0.2) is 4.39 Å². The van der Waals surface area contributed by atoms with Crippen molar-refractivity contribution in [2.75, 3.05) is 18.6 Å². The lowest BCUT2D eigenvalue weighted by Gasteiger charge is -2.32. The van der Waals surface area contributed by atoms with E-state index in [4.69, 9.17) is 4.74 Å². The van der Waals surface area contributed by atoms with E-state index in [2.05, 4.69) is 0 Å². The van der Waals surface area contributed by atoms with Crippen molar-refractivity contribution in [3.05, 3.63) is 23.5 Å². The van der Waals surface area contributed by atoms with Gasteiger partial charge in [-0.1, -0.05) is 0 Å². The number of hydrogen-bond acceptors (Lipinski definition) is 3. The highest BCUT2D eigenvalue weighted by atomic mass is 19.1. The van der Waals surface area contributed by atoms with E-state index in [9.17, 15) is 9.50 Å². The lowest BCUT2D eigenvalue weighted by atomic mass is 10.1. The first-order valence-electron chi connectivity index (χ1n) is 4.43. The number of likely N-dealkylation sites (N-methyl/N-ethyl adjacent to an activating group) is 1. The van der Waals surface area contributed by atoms with Gasteiger partial charge in [-0.2, -0.15) is 0 Å². The molecule has 1 aromatic carbocycles. The Balaban J connectivity index is 2.50. The summed E-state index contributed by atoms with van der Waals surface area (Å²) in [4.78, 5) is 1.67. The number of ether oxygens (including phenoxy) is 1. The van der Waals surface area contributed by atoms with Gasteiger partial charge in [-0.05, 0) is 18.6 Å². The predicted molar refractivity (Wildman–Crippen MR) is 51.0 cm³/mol. The summed E-state index contributed by atoms with van der Waals surface area (Å²) in [5, 5.41) is 9.49. The first-order valence-corrected chi connectivity index (χ1v) is 4.43. The minimum Gasteiger partial charge on any atom is -0.487 e. The van der Waals surface area contributed by atoms with Gasteiger partial charge in [-0.3, -0.25) is 0 Å². The molecule has 0 aliphatic carbocycles. The van der Waals surface area contributed by atoms with Gasteiger partial charge in [0.15, 0.2) is 6.23 Å². The summed E-state index contributed by atoms with van der Waals surface area (Å²) in [5.41, 5.74) is 1.27. The van der Waals surface area contributed by atoms with Crippen LogP contribution in [-0.4, -0.2) is 25.0 Å². The number of nitrogens with zero attached hydrogens (tertiary/aromatic N) is 1. The molecule has 0 radical (unpaired) electrons. The predicted octanol–water partition coefficient (Wildman–Crippen LogP) is 1.28. The first kappa shape index (κ1) is 9.27. The van der Waals surface area contributed by atoms with Crippen molar-refractivity contribution in [3.63, 3.8) is 0 Å². The Morgan fingerprint density at radius 1 is 1.57 bits per heavy atom. The fourth-order valence-corrected chi connectivity index (χ4v) is 1.48. The summed E-state index contributed by atoms with van der Waals surface area (Å²) in [7, 11) is 1.75. The van der Waals surface area contributed by atoms with E-state index in [-0.39, 0.29) is 12.4 Å². The van der Waals surface area contributed by atoms with Crippen LogP contribution in [0.25, 0.3) is 0 Å². The summed E-state index contributed by atoms with van der Waals surface area (Å²) in [6.07, 6.45) is -0.660. The smallest absolute Gasteiger partial charge is 0.161 e. The standard InChI is InChI=1S/C10H12FNO2/c1-6-3-8-9(4-7(6)11)14-5-10(13)12(8)2/h3-4,10,13H,5H2,1-2H3. The number of anilines is 1. The Hall–Kier alpha value is -1.29. The van der Waals surface area contributed by atoms with Crippen molar-refractivity contribution >= 4 is 5.69 Å². The molecule has 4 heteroatoms. The summed E-state index contributed by atoms with van der Waals surface area (Å²) in [6.45, 7) is 1.86. The third-order valence-electron chi connectivity index (χ3n) is 2.46. The molecule has 1 aliphatic rings. The molecule has 1 atom stereocenters. The highest BCUT2D eigenvalue weighted by Crippen LogP contribution is 2.34. The Bertz CT molecular complexity index is 367. The monoisotopic (exact) mass is 197 g/mol. The largest absolute Gasteiger partial charge is 0.487 e. The van der Waals surface area contributed by atoms with Crippen molar-refractivity contribution in [1.82, 2.24) is 0 Å². The molecule has 3 nitrogen and oxygen atoms in total. The van der Waals surface area contributed by atoms with E-state index in [1.54, 1.807) is 24.9 Å². The molecule has 1 N–H and O–H groups in total. The Morgan fingerprint density at radius 2 is 2.29 bits per heavy atom. The number of aryl methyl sites for hydroxylation is 1. The molecule has 0 spiro atoms. The first-order chi connectivity index (χ1) is 6.59. The van der Waals surface area contributed by atoms with Crippen LogP contribution in [0.4, 0.5) is 10.1 Å². The number of fused-ring (bicyclic) bond motifs is 1. The molecule has 14 heavy (non-hydrogen) atoms. The Morgan fingerprint density at radius 3 is 3.00 bits per heavy atom. The quantitative estimate of drug-likeness (QED) is 0.680. The van der Waals surface area contributed by atoms with E-state index in [1.807, 2.05) is 0 Å². The van der Waals surface area contributed by atoms with Crippen molar-refractivity contribution < 1.29 is 14.2 Å². The number of aliphatic hydroxyl groups excluding tert-OH is 1. The second-order valence-corrected chi connectivity index (χ2v) is 3.47. The van der Waals surface area contributed by atoms with Gasteiger partial charge in [0.05, 0.1) is 5.69 Å². The van der Waals surface area contributed by atoms with E-state index >= 15 is 0 Å². The van der Waals surface area contributed by atoms with Gasteiger partial charge in [0.2, 0.25) is 0 Å². The van der Waals surface area contributed by atoms with E-state index < -0.39 is 6.23 Å². The number of rotatable bonds is 0. The average Bonchev–Trinajstić information content (AvgIpc) is 2.15. The minimum atomic E-state index is -0.660. The van der Waals surface area contributed by atoms with Crippen LogP contribution in [0.15, 0.2) is 12.1 Å². The SMILES string of the molecule is Cc1cc2c(cc1F)OCC(O)N2C. The van der Waals surface area contributed by atoms with Crippen LogP contribution in [0.2, 0.25) is 0 Å². The van der Waals surface area contributed by atoms with E-state index in [1.165, 1.54) is 6.07 Å². The van der Waals surface area contributed by atoms with Crippen molar-refractivity contribution in [3.8, 4) is 5.75 Å². The Labute approximate surface area is 81.7 Å². The van der Waals surface area contributed by atoms with Crippen molar-refractivity contribution in [2.45, 2.75) is 13.2 Å². The van der Waals surface area contributed by atoms with Crippen LogP contribution in [0.3, 0.4) is 0 Å². The highest BCUT2D eigenvalue weighted by molar-refractivity contribution is 5.61. The number of halogens is 1. The average molecular weight is 197 g/mol. The van der Waals surface area contributed by atoms with Crippen LogP contribution in [0.5, 0.6) is 5.75 Å². The molecule has 2 rings (SSSR count). The lowest BCUT2D eigenvalue weighted by molar-refractivity contribution is 0.0953. The normalized spacial score (nSPS) is 20.3. The summed E-state index contributed by atoms with van der Waals surface area (Å²) < 4.78 is 18.4. The maximum Gasteiger partial charge on any atom is 0.161 e. The molecule has 1 unspecified atom stereocenters. The van der Waals surface area contributed by atoms with Crippen LogP contribution < -0.4 is 9.64 Å². The zero-order valence-corrected chi connectivity index (χ0v) is 8.12. The highest BCUT2D eigenvalue weighted by Gasteiger charge is 2.23. The van der Waals surface area contributed by atoms with Gasteiger partial charge in [-0.15, -0.1) is 0 Å². The second kappa shape index (κ2) is 3.13. The molecule has 0 bridgehead atoms. The molecule has 76 valence electrons. The fourth-order valence-electron chi connectivity index (χ4n) is 1.48. The van der Waals surface area contributed by atoms with Crippen LogP contribution >= 0.6 is 0 Å². The zero-order chi connectivity index (χ0) is 10.3. The summed E-state index contributed by atoms with van der Waals surface area (Å²) >= 11 is 0. The summed E-state index contributed by atoms with van der Waals surface area (Å²) in [5.74, 6) is 0.203. The zero-order valence-electron chi connectivity index (χ0n) is 8.12. The molecule has 1 aromatic rings. The fraction of sp³-hybridized carbons (Fsp3) is 0.400. The molecule has 0 saturated carbocycles. The van der Waals surface area contributed by atoms with Crippen LogP contribution in [-0.2, 0) is 0 Å². The van der Waals surface area contributed by atoms with Crippen LogP contribution in [0.1, 0.15) is 5.56 Å². The third kappa shape index (κ3) is 1.32. The molecular formula is C10H12FNO2. The minimum absolute atomic E-state index is 0.173. The van der Waals surface area contributed by atoms with E-state index in [0.717, 1.165) is 5.69 Å². The molecule has 0 saturated heterocycles. The molecule has 0 amide bonds. The number of aliphatic hydroxyl groups is 1. The van der Waals surface area contributed by atoms with Crippen LogP contribution in [0, 0.1) is 12.7 Å². The van der Waals surface area contributed by atoms with Gasteiger partial charge in [0.25, 0.3) is 0 Å². The number of hydrogen-bond donors (Lipinski definition) is 1. The maximum absolute atomic E-state index is 13.2. The second-order valence-electron chi connectivity index (χ2n) is 3.47. The molecule has 0 fully saturated rings. The van der Waals surface area contributed by atoms with Gasteiger partial charge in [0.1, 0.15) is 18.2 Å². The number of benzene rings is 1. The topological polar surface area (TPSA) is 32.7 Å². The van der Waals surface area contributed by atoms with Gasteiger partial charge < -0.3 is 14.7 Å². The van der Waals surface area contributed by atoms with Gasteiger partial charge >= 0.3 is 0 Å². The summed E-state index contributed by atoms with van der Waals surface area (Å²) in [6, 6.07) is 3.03.